The maximum absolute atomic E-state index is 12.9. The summed E-state index contributed by atoms with van der Waals surface area (Å²) in [7, 11) is 4.22. The van der Waals surface area contributed by atoms with Crippen LogP contribution in [0, 0.1) is 0 Å². The average molecular weight is 416 g/mol. The van der Waals surface area contributed by atoms with Crippen LogP contribution in [0.15, 0.2) is 42.5 Å². The highest BCUT2D eigenvalue weighted by molar-refractivity contribution is 6.00. The lowest BCUT2D eigenvalue weighted by Gasteiger charge is -2.19. The van der Waals surface area contributed by atoms with Gasteiger partial charge in [0.2, 0.25) is 11.9 Å². The standard InChI is InChI=1S/C21H24N2O7/c1-5-22-21(26)23-19(24)16(13-9-7-6-8-10-13)30-20(25)14-11-12-15(27-2)18(29-4)17(14)28-3/h6-12,16H,5H2,1-4H3,(H2,22,23,24,26)/t16-/m1/s1. The maximum Gasteiger partial charge on any atom is 0.343 e. The van der Waals surface area contributed by atoms with Crippen LogP contribution in [0.4, 0.5) is 4.79 Å². The van der Waals surface area contributed by atoms with E-state index in [4.69, 9.17) is 18.9 Å². The van der Waals surface area contributed by atoms with Gasteiger partial charge in [-0.3, -0.25) is 10.1 Å². The molecular formula is C21H24N2O7. The van der Waals surface area contributed by atoms with Crippen LogP contribution in [-0.2, 0) is 9.53 Å². The molecule has 0 aliphatic heterocycles. The topological polar surface area (TPSA) is 112 Å². The van der Waals surface area contributed by atoms with Gasteiger partial charge < -0.3 is 24.3 Å². The number of methoxy groups -OCH3 is 3. The Hall–Kier alpha value is -3.75. The highest BCUT2D eigenvalue weighted by Gasteiger charge is 2.29. The molecule has 0 radical (unpaired) electrons. The van der Waals surface area contributed by atoms with Crippen molar-refractivity contribution < 1.29 is 33.3 Å². The van der Waals surface area contributed by atoms with Crippen molar-refractivity contribution in [3.63, 3.8) is 0 Å². The first-order valence-corrected chi connectivity index (χ1v) is 9.10. The van der Waals surface area contributed by atoms with Crippen molar-refractivity contribution in [1.82, 2.24) is 10.6 Å². The van der Waals surface area contributed by atoms with Gasteiger partial charge >= 0.3 is 12.0 Å². The molecule has 2 N–H and O–H groups in total. The van der Waals surface area contributed by atoms with Gasteiger partial charge in [0.25, 0.3) is 5.91 Å². The third-order valence-corrected chi connectivity index (χ3v) is 4.06. The zero-order valence-electron chi connectivity index (χ0n) is 17.2. The van der Waals surface area contributed by atoms with E-state index in [-0.39, 0.29) is 17.1 Å². The molecule has 0 spiro atoms. The Morgan fingerprint density at radius 2 is 1.57 bits per heavy atom. The van der Waals surface area contributed by atoms with Gasteiger partial charge in [-0.05, 0) is 19.1 Å². The van der Waals surface area contributed by atoms with Gasteiger partial charge in [-0.25, -0.2) is 9.59 Å². The van der Waals surface area contributed by atoms with Gasteiger partial charge in [-0.15, -0.1) is 0 Å². The van der Waals surface area contributed by atoms with Crippen LogP contribution in [0.25, 0.3) is 0 Å². The summed E-state index contributed by atoms with van der Waals surface area (Å²) >= 11 is 0. The van der Waals surface area contributed by atoms with Gasteiger partial charge in [-0.2, -0.15) is 0 Å². The van der Waals surface area contributed by atoms with Crippen LogP contribution in [0.1, 0.15) is 28.9 Å². The number of hydrogen-bond acceptors (Lipinski definition) is 7. The molecule has 0 aromatic heterocycles. The number of hydrogen-bond donors (Lipinski definition) is 2. The van der Waals surface area contributed by atoms with Crippen molar-refractivity contribution in [2.45, 2.75) is 13.0 Å². The molecule has 2 rings (SSSR count). The lowest BCUT2D eigenvalue weighted by molar-refractivity contribution is -0.129. The summed E-state index contributed by atoms with van der Waals surface area (Å²) < 4.78 is 21.3. The Balaban J connectivity index is 2.37. The van der Waals surface area contributed by atoms with Crippen molar-refractivity contribution in [1.29, 1.82) is 0 Å². The summed E-state index contributed by atoms with van der Waals surface area (Å²) in [6, 6.07) is 10.6. The molecule has 2 aromatic rings. The molecule has 9 heteroatoms. The number of imide groups is 1. The summed E-state index contributed by atoms with van der Waals surface area (Å²) in [5, 5.41) is 4.62. The second-order valence-electron chi connectivity index (χ2n) is 5.93. The first-order chi connectivity index (χ1) is 14.5. The molecule has 0 saturated heterocycles. The Kier molecular flexibility index (Phi) is 8.04. The van der Waals surface area contributed by atoms with E-state index in [1.165, 1.54) is 33.5 Å². The smallest absolute Gasteiger partial charge is 0.343 e. The van der Waals surface area contributed by atoms with E-state index in [1.54, 1.807) is 37.3 Å². The molecule has 1 atom stereocenters. The van der Waals surface area contributed by atoms with Gasteiger partial charge in [0.05, 0.1) is 21.3 Å². The highest BCUT2D eigenvalue weighted by Crippen LogP contribution is 2.40. The molecule has 0 aliphatic rings. The molecule has 9 nitrogen and oxygen atoms in total. The summed E-state index contributed by atoms with van der Waals surface area (Å²) in [5.74, 6) is -0.970. The van der Waals surface area contributed by atoms with Crippen molar-refractivity contribution in [3.8, 4) is 17.2 Å². The quantitative estimate of drug-likeness (QED) is 0.636. The van der Waals surface area contributed by atoms with Crippen molar-refractivity contribution >= 4 is 17.9 Å². The lowest BCUT2D eigenvalue weighted by atomic mass is 10.1. The summed E-state index contributed by atoms with van der Waals surface area (Å²) in [5.41, 5.74) is 0.425. The fraction of sp³-hybridized carbons (Fsp3) is 0.286. The first-order valence-electron chi connectivity index (χ1n) is 9.10. The van der Waals surface area contributed by atoms with Crippen LogP contribution >= 0.6 is 0 Å². The molecule has 0 fully saturated rings. The summed E-state index contributed by atoms with van der Waals surface area (Å²) in [6.45, 7) is 2.04. The largest absolute Gasteiger partial charge is 0.493 e. The number of carbonyl (C=O) groups excluding carboxylic acids is 3. The van der Waals surface area contributed by atoms with Crippen LogP contribution in [0.3, 0.4) is 0 Å². The number of carbonyl (C=O) groups is 3. The highest BCUT2D eigenvalue weighted by atomic mass is 16.6. The van der Waals surface area contributed by atoms with Gasteiger partial charge in [-0.1, -0.05) is 30.3 Å². The Morgan fingerprint density at radius 3 is 2.13 bits per heavy atom. The number of rotatable bonds is 8. The van der Waals surface area contributed by atoms with Crippen molar-refractivity contribution in [3.05, 3.63) is 53.6 Å². The zero-order valence-corrected chi connectivity index (χ0v) is 17.2. The van der Waals surface area contributed by atoms with E-state index < -0.39 is 24.0 Å². The van der Waals surface area contributed by atoms with E-state index in [2.05, 4.69) is 10.6 Å². The fourth-order valence-corrected chi connectivity index (χ4v) is 2.72. The zero-order chi connectivity index (χ0) is 22.1. The predicted octanol–water partition coefficient (Wildman–Crippen LogP) is 2.46. The minimum Gasteiger partial charge on any atom is -0.493 e. The molecule has 0 heterocycles. The molecule has 0 aliphatic carbocycles. The van der Waals surface area contributed by atoms with E-state index in [9.17, 15) is 14.4 Å². The number of ether oxygens (including phenoxy) is 4. The predicted molar refractivity (Wildman–Crippen MR) is 108 cm³/mol. The molecule has 0 bridgehead atoms. The molecule has 2 aromatic carbocycles. The Bertz CT molecular complexity index is 900. The number of benzene rings is 2. The van der Waals surface area contributed by atoms with Crippen molar-refractivity contribution in [2.75, 3.05) is 27.9 Å². The third kappa shape index (κ3) is 5.19. The second-order valence-corrected chi connectivity index (χ2v) is 5.93. The maximum atomic E-state index is 12.9. The molecular weight excluding hydrogens is 392 g/mol. The molecule has 160 valence electrons. The number of nitrogens with one attached hydrogen (secondary N) is 2. The summed E-state index contributed by atoms with van der Waals surface area (Å²) in [4.78, 5) is 37.3. The van der Waals surface area contributed by atoms with Gasteiger partial charge in [0.15, 0.2) is 11.5 Å². The summed E-state index contributed by atoms with van der Waals surface area (Å²) in [6.07, 6.45) is -1.36. The minimum atomic E-state index is -1.36. The van der Waals surface area contributed by atoms with E-state index in [0.29, 0.717) is 17.9 Å². The van der Waals surface area contributed by atoms with Crippen LogP contribution in [-0.4, -0.2) is 45.8 Å². The molecule has 30 heavy (non-hydrogen) atoms. The van der Waals surface area contributed by atoms with Crippen LogP contribution < -0.4 is 24.8 Å². The fourth-order valence-electron chi connectivity index (χ4n) is 2.72. The van der Waals surface area contributed by atoms with Crippen molar-refractivity contribution in [2.24, 2.45) is 0 Å². The van der Waals surface area contributed by atoms with E-state index >= 15 is 0 Å². The Morgan fingerprint density at radius 1 is 0.900 bits per heavy atom. The van der Waals surface area contributed by atoms with Gasteiger partial charge in [0, 0.05) is 12.1 Å². The number of amides is 3. The second kappa shape index (κ2) is 10.7. The molecule has 0 unspecified atom stereocenters. The normalized spacial score (nSPS) is 11.1. The monoisotopic (exact) mass is 416 g/mol. The van der Waals surface area contributed by atoms with E-state index in [1.807, 2.05) is 0 Å². The molecule has 0 saturated carbocycles. The SMILES string of the molecule is CCNC(=O)NC(=O)[C@H](OC(=O)c1ccc(OC)c(OC)c1OC)c1ccccc1. The van der Waals surface area contributed by atoms with Crippen LogP contribution in [0.5, 0.6) is 17.2 Å². The van der Waals surface area contributed by atoms with E-state index in [0.717, 1.165) is 0 Å². The third-order valence-electron chi connectivity index (χ3n) is 4.06. The number of esters is 1. The first kappa shape index (κ1) is 22.5. The minimum absolute atomic E-state index is 0.0295. The van der Waals surface area contributed by atoms with Gasteiger partial charge in [0.1, 0.15) is 5.56 Å². The lowest BCUT2D eigenvalue weighted by Crippen LogP contribution is -2.42. The van der Waals surface area contributed by atoms with Crippen LogP contribution in [0.2, 0.25) is 0 Å². The molecule has 3 amide bonds. The number of urea groups is 1. The Labute approximate surface area is 174 Å². The average Bonchev–Trinajstić information content (AvgIpc) is 2.76.